The Kier molecular flexibility index (Phi) is 5.98. The summed E-state index contributed by atoms with van der Waals surface area (Å²) in [5.41, 5.74) is -5.30. The minimum absolute atomic E-state index is 0.447. The minimum atomic E-state index is -5.34. The zero-order valence-electron chi connectivity index (χ0n) is 10.5. The molecule has 0 unspecified atom stereocenters. The lowest BCUT2D eigenvalue weighted by Gasteiger charge is -2.15. The molecule has 7 nitrogen and oxygen atoms in total. The molecule has 0 amide bonds. The van der Waals surface area contributed by atoms with Crippen molar-refractivity contribution < 1.29 is 43.3 Å². The molecule has 20 heavy (non-hydrogen) atoms. The van der Waals surface area contributed by atoms with Crippen LogP contribution in [0.5, 0.6) is 0 Å². The first-order valence-electron chi connectivity index (χ1n) is 4.63. The van der Waals surface area contributed by atoms with E-state index in [4.69, 9.17) is 9.11 Å². The summed E-state index contributed by atoms with van der Waals surface area (Å²) < 4.78 is 88.0. The van der Waals surface area contributed by atoms with E-state index in [1.165, 1.54) is 6.20 Å². The van der Waals surface area contributed by atoms with Crippen LogP contribution in [0.15, 0.2) is 12.4 Å². The molecule has 1 rings (SSSR count). The molecular weight excluding hydrogens is 332 g/mol. The average Bonchev–Trinajstić information content (AvgIpc) is 2.58. The molecule has 13 heteroatoms. The van der Waals surface area contributed by atoms with Gasteiger partial charge in [0, 0.05) is 6.92 Å². The summed E-state index contributed by atoms with van der Waals surface area (Å²) in [5, 5.41) is 0. The smallest absolute Gasteiger partial charge is 0.267 e. The summed E-state index contributed by atoms with van der Waals surface area (Å²) in [6, 6.07) is 0. The number of aryl methyl sites for hydroxylation is 1. The Bertz CT molecular complexity index is 549. The van der Waals surface area contributed by atoms with Crippen molar-refractivity contribution in [3.8, 4) is 0 Å². The number of nitrogens with zero attached hydrogens (tertiary/aromatic N) is 2. The number of aromatic nitrogens is 2. The monoisotopic (exact) mass is 345 g/mol. The molecule has 0 saturated carbocycles. The van der Waals surface area contributed by atoms with Crippen LogP contribution >= 0.6 is 11.2 Å². The molecule has 0 fully saturated rings. The number of alkyl halides is 3. The summed E-state index contributed by atoms with van der Waals surface area (Å²) in [6.45, 7) is 1.59. The summed E-state index contributed by atoms with van der Waals surface area (Å²) >= 11 is -4.12. The van der Waals surface area contributed by atoms with E-state index in [9.17, 15) is 25.5 Å². The molecule has 2 N–H and O–H groups in total. The van der Waals surface area contributed by atoms with E-state index < -0.39 is 26.8 Å². The van der Waals surface area contributed by atoms with Gasteiger partial charge in [0.05, 0.1) is 14.2 Å². The Morgan fingerprint density at radius 2 is 1.80 bits per heavy atom. The van der Waals surface area contributed by atoms with Crippen molar-refractivity contribution in [2.45, 2.75) is 12.4 Å². The molecule has 0 bridgehead atoms. The Morgan fingerprint density at radius 1 is 1.35 bits per heavy atom. The largest absolute Gasteiger partial charge is 0.523 e. The predicted molar refractivity (Wildman–Crippen MR) is 61.7 cm³/mol. The van der Waals surface area contributed by atoms with Crippen LogP contribution in [0, 0.1) is 6.92 Å². The number of hydrogen-bond donors (Lipinski definition) is 2. The van der Waals surface area contributed by atoms with Crippen LogP contribution in [0.25, 0.3) is 0 Å². The normalized spacial score (nSPS) is 13.7. The lowest BCUT2D eigenvalue weighted by Crippen LogP contribution is -2.29. The summed E-state index contributed by atoms with van der Waals surface area (Å²) in [5.74, 6) is 0.451. The van der Waals surface area contributed by atoms with Crippen LogP contribution in [-0.2, 0) is 21.3 Å². The molecule has 0 aliphatic heterocycles. The molecule has 0 saturated heterocycles. The number of hydrogen-bond acceptors (Lipinski definition) is 5. The van der Waals surface area contributed by atoms with Crippen molar-refractivity contribution in [1.82, 2.24) is 3.97 Å². The second kappa shape index (κ2) is 6.26. The fourth-order valence-corrected chi connectivity index (χ4v) is 1.74. The van der Waals surface area contributed by atoms with Gasteiger partial charge in [-0.25, -0.2) is 13.7 Å². The van der Waals surface area contributed by atoms with E-state index in [1.54, 1.807) is 24.7 Å². The van der Waals surface area contributed by atoms with E-state index in [0.29, 0.717) is 12.9 Å². The summed E-state index contributed by atoms with van der Waals surface area (Å²) in [6.07, 6.45) is 2.83. The first-order valence-corrected chi connectivity index (χ1v) is 7.44. The zero-order valence-corrected chi connectivity index (χ0v) is 12.1. The molecule has 120 valence electrons. The van der Waals surface area contributed by atoms with Crippen LogP contribution in [0.3, 0.4) is 0 Å². The third-order valence-corrected chi connectivity index (χ3v) is 3.90. The maximum atomic E-state index is 12.5. The van der Waals surface area contributed by atoms with Crippen molar-refractivity contribution in [3.05, 3.63) is 18.2 Å². The topological polar surface area (TPSA) is 92.6 Å². The second-order valence-electron chi connectivity index (χ2n) is 3.30. The minimum Gasteiger partial charge on any atom is -0.267 e. The number of imidazole rings is 1. The number of rotatable bonds is 2. The highest BCUT2D eigenvalue weighted by Crippen LogP contribution is 2.41. The van der Waals surface area contributed by atoms with Crippen molar-refractivity contribution >= 4 is 21.3 Å². The third kappa shape index (κ3) is 4.90. The lowest BCUT2D eigenvalue weighted by atomic mass is 10.7. The maximum Gasteiger partial charge on any atom is 0.523 e. The van der Waals surface area contributed by atoms with Gasteiger partial charge in [-0.15, -0.1) is 0 Å². The highest BCUT2D eigenvalue weighted by molar-refractivity contribution is 8.18. The van der Waals surface area contributed by atoms with Crippen LogP contribution in [-0.4, -0.2) is 34.1 Å². The van der Waals surface area contributed by atoms with Gasteiger partial charge in [0.1, 0.15) is 17.4 Å². The Labute approximate surface area is 114 Å². The maximum absolute atomic E-state index is 12.5. The molecule has 0 atom stereocenters. The third-order valence-electron chi connectivity index (χ3n) is 2.01. The second-order valence-corrected chi connectivity index (χ2v) is 6.30. The molecule has 0 aliphatic carbocycles. The first kappa shape index (κ1) is 19.1. The number of halogens is 4. The zero-order chi connectivity index (χ0) is 16.4. The average molecular weight is 345 g/mol. The highest BCUT2D eigenvalue weighted by Gasteiger charge is 2.46. The van der Waals surface area contributed by atoms with Gasteiger partial charge in [-0.3, -0.25) is 4.18 Å². The van der Waals surface area contributed by atoms with Crippen molar-refractivity contribution in [1.29, 1.82) is 0 Å². The van der Waals surface area contributed by atoms with Gasteiger partial charge >= 0.3 is 15.6 Å². The standard InChI is InChI=1S/C5H9FN2O2S.C2H3F3O3S/c1-5-7(2)3-4-8(5)11(6,9)10;1-8-9(6,7)2(3,4)5/h3-4H,1-2H3,(H-,9,10);1H3/p+1. The van der Waals surface area contributed by atoms with Gasteiger partial charge < -0.3 is 0 Å². The molecule has 0 aromatic carbocycles. The molecule has 1 aromatic heterocycles. The molecule has 0 radical (unpaired) electrons. The SMILES string of the molecule is COS(=O)(=O)C(F)(F)F.Cc1n(S(O)(O)F)cc[n+]1C. The van der Waals surface area contributed by atoms with Crippen molar-refractivity contribution in [3.63, 3.8) is 0 Å². The molecule has 1 heterocycles. The Balaban J connectivity index is 0.000000370. The molecule has 0 spiro atoms. The van der Waals surface area contributed by atoms with E-state index in [0.717, 1.165) is 3.97 Å². The van der Waals surface area contributed by atoms with E-state index in [2.05, 4.69) is 4.18 Å². The van der Waals surface area contributed by atoms with Crippen LogP contribution in [0.4, 0.5) is 17.1 Å². The Hall–Kier alpha value is -0.890. The van der Waals surface area contributed by atoms with Gasteiger partial charge in [0.25, 0.3) is 5.82 Å². The van der Waals surface area contributed by atoms with Gasteiger partial charge in [-0.1, -0.05) is 3.97 Å². The molecular formula is C7H13F4N2O5S2+. The summed E-state index contributed by atoms with van der Waals surface area (Å²) in [4.78, 5) is 0. The highest BCUT2D eigenvalue weighted by atomic mass is 32.3. The fraction of sp³-hybridized carbons (Fsp3) is 0.571. The van der Waals surface area contributed by atoms with Gasteiger partial charge in [0.15, 0.2) is 6.20 Å². The van der Waals surface area contributed by atoms with E-state index in [-0.39, 0.29) is 0 Å². The first-order chi connectivity index (χ1) is 8.74. The van der Waals surface area contributed by atoms with Crippen LogP contribution < -0.4 is 4.57 Å². The fourth-order valence-electron chi connectivity index (χ4n) is 0.872. The van der Waals surface area contributed by atoms with E-state index in [1.807, 2.05) is 0 Å². The lowest BCUT2D eigenvalue weighted by molar-refractivity contribution is -0.676. The quantitative estimate of drug-likeness (QED) is 0.367. The Morgan fingerprint density at radius 3 is 1.90 bits per heavy atom. The van der Waals surface area contributed by atoms with Gasteiger partial charge in [0.2, 0.25) is 0 Å². The molecule has 1 aromatic rings. The van der Waals surface area contributed by atoms with Crippen molar-refractivity contribution in [2.24, 2.45) is 7.05 Å². The van der Waals surface area contributed by atoms with Gasteiger partial charge in [-0.05, 0) is 3.89 Å². The predicted octanol–water partition coefficient (Wildman–Crippen LogP) is 1.50. The van der Waals surface area contributed by atoms with E-state index >= 15 is 0 Å². The summed E-state index contributed by atoms with van der Waals surface area (Å²) in [7, 11) is -3.20. The van der Waals surface area contributed by atoms with Gasteiger partial charge in [-0.2, -0.15) is 21.6 Å². The van der Waals surface area contributed by atoms with Crippen LogP contribution in [0.2, 0.25) is 0 Å². The van der Waals surface area contributed by atoms with Crippen LogP contribution in [0.1, 0.15) is 5.82 Å². The molecule has 0 aliphatic rings. The van der Waals surface area contributed by atoms with Crippen molar-refractivity contribution in [2.75, 3.05) is 7.11 Å².